The topological polar surface area (TPSA) is 61.6 Å². The summed E-state index contributed by atoms with van der Waals surface area (Å²) < 4.78 is 10.3. The van der Waals surface area contributed by atoms with Gasteiger partial charge in [-0.1, -0.05) is 51.9 Å². The Balaban J connectivity index is 3.08. The van der Waals surface area contributed by atoms with Crippen LogP contribution in [0.15, 0.2) is 0 Å². The van der Waals surface area contributed by atoms with Gasteiger partial charge in [0, 0.05) is 20.0 Å². The molecule has 0 radical (unpaired) electrons. The first-order valence-corrected chi connectivity index (χ1v) is 7.67. The second kappa shape index (κ2) is 13.8. The van der Waals surface area contributed by atoms with Gasteiger partial charge in [-0.25, -0.2) is 0 Å². The van der Waals surface area contributed by atoms with Crippen LogP contribution in [0.25, 0.3) is 0 Å². The van der Waals surface area contributed by atoms with Gasteiger partial charge >= 0.3 is 5.97 Å². The minimum atomic E-state index is -0.531. The number of carbonyl (C=O) groups is 1. The monoisotopic (exact) mass is 273 g/mol. The molecule has 2 N–H and O–H groups in total. The molecule has 0 saturated heterocycles. The fourth-order valence-electron chi connectivity index (χ4n) is 1.91. The summed E-state index contributed by atoms with van der Waals surface area (Å²) in [5, 5.41) is 0. The van der Waals surface area contributed by atoms with Crippen molar-refractivity contribution >= 4 is 5.97 Å². The highest BCUT2D eigenvalue weighted by Crippen LogP contribution is 2.08. The molecule has 0 aromatic rings. The Morgan fingerprint density at radius 2 is 1.58 bits per heavy atom. The van der Waals surface area contributed by atoms with Crippen molar-refractivity contribution in [1.29, 1.82) is 0 Å². The van der Waals surface area contributed by atoms with Crippen molar-refractivity contribution in [3.05, 3.63) is 0 Å². The fourth-order valence-corrected chi connectivity index (χ4v) is 1.91. The summed E-state index contributed by atoms with van der Waals surface area (Å²) in [6, 6.07) is 0. The van der Waals surface area contributed by atoms with Gasteiger partial charge in [0.25, 0.3) is 0 Å². The largest absolute Gasteiger partial charge is 0.447 e. The molecule has 0 spiro atoms. The van der Waals surface area contributed by atoms with Gasteiger partial charge in [-0.3, -0.25) is 10.5 Å². The third kappa shape index (κ3) is 15.3. The van der Waals surface area contributed by atoms with Crippen molar-refractivity contribution in [2.45, 2.75) is 77.9 Å². The highest BCUT2D eigenvalue weighted by Gasteiger charge is 2.04. The van der Waals surface area contributed by atoms with E-state index in [1.165, 1.54) is 51.9 Å². The molecule has 0 fully saturated rings. The summed E-state index contributed by atoms with van der Waals surface area (Å²) >= 11 is 0. The molecule has 114 valence electrons. The lowest BCUT2D eigenvalue weighted by atomic mass is 10.1. The van der Waals surface area contributed by atoms with Gasteiger partial charge < -0.3 is 9.47 Å². The first-order chi connectivity index (χ1) is 9.16. The number of unbranched alkanes of at least 4 members (excludes halogenated alkanes) is 7. The van der Waals surface area contributed by atoms with E-state index in [1.54, 1.807) is 0 Å². The molecule has 0 aliphatic rings. The number of nitrogens with two attached hydrogens (primary N) is 1. The van der Waals surface area contributed by atoms with E-state index in [9.17, 15) is 4.79 Å². The van der Waals surface area contributed by atoms with Crippen LogP contribution in [0.2, 0.25) is 0 Å². The molecule has 0 amide bonds. The van der Waals surface area contributed by atoms with E-state index in [0.29, 0.717) is 13.0 Å². The third-order valence-electron chi connectivity index (χ3n) is 3.01. The summed E-state index contributed by atoms with van der Waals surface area (Å²) in [6.07, 6.45) is 10.4. The zero-order valence-electron chi connectivity index (χ0n) is 12.7. The van der Waals surface area contributed by atoms with Crippen molar-refractivity contribution in [1.82, 2.24) is 0 Å². The molecule has 0 heterocycles. The van der Waals surface area contributed by atoms with E-state index in [0.717, 1.165) is 13.0 Å². The molecule has 4 nitrogen and oxygen atoms in total. The highest BCUT2D eigenvalue weighted by atomic mass is 16.6. The lowest BCUT2D eigenvalue weighted by molar-refractivity contribution is -0.146. The SMILES string of the molecule is CCCCCCCCCCOCCC(N)OC(C)=O. The maximum Gasteiger partial charge on any atom is 0.304 e. The van der Waals surface area contributed by atoms with E-state index in [-0.39, 0.29) is 5.97 Å². The van der Waals surface area contributed by atoms with Crippen LogP contribution >= 0.6 is 0 Å². The molecular formula is C15H31NO3. The van der Waals surface area contributed by atoms with Crippen LogP contribution in [0.1, 0.15) is 71.6 Å². The maximum atomic E-state index is 10.6. The van der Waals surface area contributed by atoms with Gasteiger partial charge in [0.2, 0.25) is 0 Å². The van der Waals surface area contributed by atoms with Gasteiger partial charge in [0.15, 0.2) is 6.23 Å². The third-order valence-corrected chi connectivity index (χ3v) is 3.01. The van der Waals surface area contributed by atoms with E-state index in [2.05, 4.69) is 6.92 Å². The Morgan fingerprint density at radius 3 is 2.16 bits per heavy atom. The predicted molar refractivity (Wildman–Crippen MR) is 77.8 cm³/mol. The van der Waals surface area contributed by atoms with E-state index in [1.807, 2.05) is 0 Å². The van der Waals surface area contributed by atoms with Crippen molar-refractivity contribution in [3.63, 3.8) is 0 Å². The smallest absolute Gasteiger partial charge is 0.304 e. The number of rotatable bonds is 13. The van der Waals surface area contributed by atoms with Gasteiger partial charge in [-0.2, -0.15) is 0 Å². The quantitative estimate of drug-likeness (QED) is 0.317. The maximum absolute atomic E-state index is 10.6. The van der Waals surface area contributed by atoms with Crippen molar-refractivity contribution in [3.8, 4) is 0 Å². The minimum absolute atomic E-state index is 0.337. The number of hydrogen-bond acceptors (Lipinski definition) is 4. The molecule has 0 bridgehead atoms. The Morgan fingerprint density at radius 1 is 1.00 bits per heavy atom. The van der Waals surface area contributed by atoms with Crippen LogP contribution < -0.4 is 5.73 Å². The molecule has 0 aliphatic carbocycles. The van der Waals surface area contributed by atoms with Gasteiger partial charge in [0.05, 0.1) is 6.61 Å². The van der Waals surface area contributed by atoms with Crippen LogP contribution in [0, 0.1) is 0 Å². The first-order valence-electron chi connectivity index (χ1n) is 7.67. The van der Waals surface area contributed by atoms with Crippen LogP contribution in [0.4, 0.5) is 0 Å². The van der Waals surface area contributed by atoms with Crippen molar-refractivity contribution in [2.24, 2.45) is 5.73 Å². The summed E-state index contributed by atoms with van der Waals surface area (Å²) in [6.45, 7) is 4.94. The second-order valence-corrected chi connectivity index (χ2v) is 5.02. The summed E-state index contributed by atoms with van der Waals surface area (Å²) in [5.74, 6) is -0.337. The number of ether oxygens (including phenoxy) is 2. The molecular weight excluding hydrogens is 242 g/mol. The number of carbonyl (C=O) groups excluding carboxylic acids is 1. The van der Waals surface area contributed by atoms with Crippen molar-refractivity contribution < 1.29 is 14.3 Å². The van der Waals surface area contributed by atoms with Crippen LogP contribution in [0.5, 0.6) is 0 Å². The zero-order chi connectivity index (χ0) is 14.3. The van der Waals surface area contributed by atoms with E-state index in [4.69, 9.17) is 15.2 Å². The second-order valence-electron chi connectivity index (χ2n) is 5.02. The molecule has 19 heavy (non-hydrogen) atoms. The molecule has 0 aromatic carbocycles. The standard InChI is InChI=1S/C15H31NO3/c1-3-4-5-6-7-8-9-10-12-18-13-11-15(16)19-14(2)17/h15H,3-13,16H2,1-2H3. The van der Waals surface area contributed by atoms with E-state index < -0.39 is 6.23 Å². The molecule has 1 atom stereocenters. The molecule has 1 unspecified atom stereocenters. The summed E-state index contributed by atoms with van der Waals surface area (Å²) in [4.78, 5) is 10.6. The fraction of sp³-hybridized carbons (Fsp3) is 0.933. The average Bonchev–Trinajstić information content (AvgIpc) is 2.35. The zero-order valence-corrected chi connectivity index (χ0v) is 12.7. The van der Waals surface area contributed by atoms with Gasteiger partial charge in [-0.15, -0.1) is 0 Å². The van der Waals surface area contributed by atoms with Crippen LogP contribution in [-0.4, -0.2) is 25.4 Å². The Bertz CT molecular complexity index is 210. The van der Waals surface area contributed by atoms with Gasteiger partial charge in [-0.05, 0) is 6.42 Å². The molecule has 0 aliphatic heterocycles. The Hall–Kier alpha value is -0.610. The van der Waals surface area contributed by atoms with E-state index >= 15 is 0 Å². The van der Waals surface area contributed by atoms with Crippen LogP contribution in [0.3, 0.4) is 0 Å². The minimum Gasteiger partial charge on any atom is -0.447 e. The Labute approximate surface area is 118 Å². The summed E-state index contributed by atoms with van der Waals surface area (Å²) in [7, 11) is 0. The Kier molecular flexibility index (Phi) is 13.4. The highest BCUT2D eigenvalue weighted by molar-refractivity contribution is 5.66. The first kappa shape index (κ1) is 18.4. The summed E-state index contributed by atoms with van der Waals surface area (Å²) in [5.41, 5.74) is 5.57. The van der Waals surface area contributed by atoms with Crippen molar-refractivity contribution in [2.75, 3.05) is 13.2 Å². The normalized spacial score (nSPS) is 12.4. The van der Waals surface area contributed by atoms with Crippen LogP contribution in [-0.2, 0) is 14.3 Å². The molecule has 4 heteroatoms. The number of hydrogen-bond donors (Lipinski definition) is 1. The number of esters is 1. The molecule has 0 aromatic heterocycles. The predicted octanol–water partition coefficient (Wildman–Crippen LogP) is 3.38. The lowest BCUT2D eigenvalue weighted by Gasteiger charge is -2.11. The average molecular weight is 273 g/mol. The van der Waals surface area contributed by atoms with Gasteiger partial charge in [0.1, 0.15) is 0 Å². The molecule has 0 rings (SSSR count). The lowest BCUT2D eigenvalue weighted by Crippen LogP contribution is -2.27. The molecule has 0 saturated carbocycles.